The summed E-state index contributed by atoms with van der Waals surface area (Å²) in [6.45, 7) is 0. The van der Waals surface area contributed by atoms with Crippen LogP contribution in [-0.2, 0) is 0 Å². The lowest BCUT2D eigenvalue weighted by Crippen LogP contribution is -2.11. The molecule has 2 heterocycles. The van der Waals surface area contributed by atoms with Crippen LogP contribution in [0.3, 0.4) is 0 Å². The van der Waals surface area contributed by atoms with Gasteiger partial charge in [-0.3, -0.25) is 9.78 Å². The number of hydrogen-bond donors (Lipinski definition) is 1. The molecule has 1 aromatic carbocycles. The zero-order chi connectivity index (χ0) is 15.5. The molecule has 2 aromatic heterocycles. The molecule has 0 aliphatic carbocycles. The summed E-state index contributed by atoms with van der Waals surface area (Å²) in [7, 11) is 3.08. The standard InChI is InChI=1S/C16H14N2O4/c1-20-10-5-6-13(21-2)12(8-10)18-16(19)15-9-11-14(22-15)4-3-7-17-11/h3-9H,1-2H3,(H,18,19). The average molecular weight is 298 g/mol. The highest BCUT2D eigenvalue weighted by Crippen LogP contribution is 2.29. The van der Waals surface area contributed by atoms with Gasteiger partial charge in [0.05, 0.1) is 19.9 Å². The number of anilines is 1. The van der Waals surface area contributed by atoms with Crippen molar-refractivity contribution in [3.63, 3.8) is 0 Å². The van der Waals surface area contributed by atoms with Gasteiger partial charge in [0.15, 0.2) is 11.3 Å². The molecule has 0 bridgehead atoms. The second-order valence-electron chi connectivity index (χ2n) is 4.52. The minimum absolute atomic E-state index is 0.179. The fourth-order valence-electron chi connectivity index (χ4n) is 2.08. The molecule has 0 saturated heterocycles. The van der Waals surface area contributed by atoms with Crippen molar-refractivity contribution in [2.24, 2.45) is 0 Å². The van der Waals surface area contributed by atoms with Crippen molar-refractivity contribution in [1.82, 2.24) is 4.98 Å². The molecule has 0 spiro atoms. The van der Waals surface area contributed by atoms with Gasteiger partial charge >= 0.3 is 0 Å². The number of amides is 1. The summed E-state index contributed by atoms with van der Waals surface area (Å²) >= 11 is 0. The molecule has 0 aliphatic heterocycles. The van der Waals surface area contributed by atoms with Gasteiger partial charge in [0, 0.05) is 18.3 Å². The van der Waals surface area contributed by atoms with E-state index in [-0.39, 0.29) is 11.7 Å². The van der Waals surface area contributed by atoms with Gasteiger partial charge in [-0.2, -0.15) is 0 Å². The van der Waals surface area contributed by atoms with Gasteiger partial charge in [-0.05, 0) is 24.3 Å². The molecule has 6 nitrogen and oxygen atoms in total. The summed E-state index contributed by atoms with van der Waals surface area (Å²) in [5.41, 5.74) is 1.69. The van der Waals surface area contributed by atoms with Crippen molar-refractivity contribution in [1.29, 1.82) is 0 Å². The Morgan fingerprint density at radius 2 is 2.05 bits per heavy atom. The zero-order valence-electron chi connectivity index (χ0n) is 12.1. The van der Waals surface area contributed by atoms with Crippen molar-refractivity contribution >= 4 is 22.7 Å². The van der Waals surface area contributed by atoms with Gasteiger partial charge < -0.3 is 19.2 Å². The first-order valence-electron chi connectivity index (χ1n) is 6.59. The molecule has 1 amide bonds. The Balaban J connectivity index is 1.90. The number of aromatic nitrogens is 1. The SMILES string of the molecule is COc1ccc(OC)c(NC(=O)c2cc3ncccc3o2)c1. The Morgan fingerprint density at radius 1 is 1.18 bits per heavy atom. The Hall–Kier alpha value is -3.02. The molecule has 0 atom stereocenters. The highest BCUT2D eigenvalue weighted by molar-refractivity contribution is 6.05. The Morgan fingerprint density at radius 3 is 2.77 bits per heavy atom. The second-order valence-corrected chi connectivity index (χ2v) is 4.52. The summed E-state index contributed by atoms with van der Waals surface area (Å²) in [6, 6.07) is 10.2. The van der Waals surface area contributed by atoms with Crippen LogP contribution in [0.25, 0.3) is 11.1 Å². The fraction of sp³-hybridized carbons (Fsp3) is 0.125. The van der Waals surface area contributed by atoms with Crippen LogP contribution < -0.4 is 14.8 Å². The predicted octanol–water partition coefficient (Wildman–Crippen LogP) is 3.10. The third-order valence-electron chi connectivity index (χ3n) is 3.17. The Labute approximate surface area is 126 Å². The lowest BCUT2D eigenvalue weighted by atomic mass is 10.2. The molecule has 0 fully saturated rings. The summed E-state index contributed by atoms with van der Waals surface area (Å²) in [5.74, 6) is 0.939. The topological polar surface area (TPSA) is 73.6 Å². The number of hydrogen-bond acceptors (Lipinski definition) is 5. The van der Waals surface area contributed by atoms with Crippen molar-refractivity contribution in [2.45, 2.75) is 0 Å². The van der Waals surface area contributed by atoms with E-state index in [1.54, 1.807) is 49.7 Å². The van der Waals surface area contributed by atoms with Gasteiger partial charge in [0.1, 0.15) is 17.0 Å². The van der Waals surface area contributed by atoms with Gasteiger partial charge in [-0.1, -0.05) is 0 Å². The maximum absolute atomic E-state index is 12.3. The number of fused-ring (bicyclic) bond motifs is 1. The second kappa shape index (κ2) is 5.77. The van der Waals surface area contributed by atoms with Gasteiger partial charge in [0.2, 0.25) is 0 Å². The molecular formula is C16H14N2O4. The van der Waals surface area contributed by atoms with Crippen molar-refractivity contribution < 1.29 is 18.7 Å². The largest absolute Gasteiger partial charge is 0.497 e. The molecule has 3 aromatic rings. The number of nitrogens with zero attached hydrogens (tertiary/aromatic N) is 1. The molecule has 0 unspecified atom stereocenters. The van der Waals surface area contributed by atoms with E-state index in [1.165, 1.54) is 7.11 Å². The maximum atomic E-state index is 12.3. The number of ether oxygens (including phenoxy) is 2. The van der Waals surface area contributed by atoms with Crippen LogP contribution in [0, 0.1) is 0 Å². The van der Waals surface area contributed by atoms with Crippen molar-refractivity contribution in [2.75, 3.05) is 19.5 Å². The first-order chi connectivity index (χ1) is 10.7. The minimum atomic E-state index is -0.385. The van der Waals surface area contributed by atoms with Crippen LogP contribution in [-0.4, -0.2) is 25.1 Å². The number of pyridine rings is 1. The van der Waals surface area contributed by atoms with E-state index in [4.69, 9.17) is 13.9 Å². The van der Waals surface area contributed by atoms with E-state index in [9.17, 15) is 4.79 Å². The number of furan rings is 1. The highest BCUT2D eigenvalue weighted by Gasteiger charge is 2.15. The molecule has 0 aliphatic rings. The van der Waals surface area contributed by atoms with Gasteiger partial charge in [-0.25, -0.2) is 0 Å². The quantitative estimate of drug-likeness (QED) is 0.801. The lowest BCUT2D eigenvalue weighted by molar-refractivity contribution is 0.0998. The van der Waals surface area contributed by atoms with E-state index >= 15 is 0 Å². The third-order valence-corrected chi connectivity index (χ3v) is 3.17. The Bertz CT molecular complexity index is 793. The number of methoxy groups -OCH3 is 2. The van der Waals surface area contributed by atoms with E-state index in [0.717, 1.165) is 0 Å². The van der Waals surface area contributed by atoms with Crippen LogP contribution in [0.2, 0.25) is 0 Å². The third kappa shape index (κ3) is 2.58. The molecule has 22 heavy (non-hydrogen) atoms. The smallest absolute Gasteiger partial charge is 0.291 e. The van der Waals surface area contributed by atoms with Crippen LogP contribution in [0.5, 0.6) is 11.5 Å². The van der Waals surface area contributed by atoms with Gasteiger partial charge in [-0.15, -0.1) is 0 Å². The Kier molecular flexibility index (Phi) is 3.65. The van der Waals surface area contributed by atoms with Gasteiger partial charge in [0.25, 0.3) is 5.91 Å². The van der Waals surface area contributed by atoms with E-state index < -0.39 is 0 Å². The maximum Gasteiger partial charge on any atom is 0.291 e. The van der Waals surface area contributed by atoms with E-state index in [0.29, 0.717) is 28.3 Å². The molecule has 0 radical (unpaired) electrons. The number of carbonyl (C=O) groups excluding carboxylic acids is 1. The van der Waals surface area contributed by atoms with E-state index in [2.05, 4.69) is 10.3 Å². The highest BCUT2D eigenvalue weighted by atomic mass is 16.5. The summed E-state index contributed by atoms with van der Waals surface area (Å²) in [4.78, 5) is 16.5. The van der Waals surface area contributed by atoms with Crippen LogP contribution in [0.1, 0.15) is 10.6 Å². The minimum Gasteiger partial charge on any atom is -0.497 e. The monoisotopic (exact) mass is 298 g/mol. The summed E-state index contributed by atoms with van der Waals surface area (Å²) < 4.78 is 15.9. The van der Waals surface area contributed by atoms with Crippen LogP contribution in [0.4, 0.5) is 5.69 Å². The first-order valence-corrected chi connectivity index (χ1v) is 6.59. The van der Waals surface area contributed by atoms with Crippen LogP contribution in [0.15, 0.2) is 47.0 Å². The first kappa shape index (κ1) is 13.9. The number of benzene rings is 1. The normalized spacial score (nSPS) is 10.5. The van der Waals surface area contributed by atoms with Crippen LogP contribution >= 0.6 is 0 Å². The summed E-state index contributed by atoms with van der Waals surface area (Å²) in [5, 5.41) is 2.75. The molecule has 112 valence electrons. The predicted molar refractivity (Wildman–Crippen MR) is 81.5 cm³/mol. The van der Waals surface area contributed by atoms with Crippen molar-refractivity contribution in [3.8, 4) is 11.5 Å². The van der Waals surface area contributed by atoms with Crippen molar-refractivity contribution in [3.05, 3.63) is 48.4 Å². The van der Waals surface area contributed by atoms with E-state index in [1.807, 2.05) is 0 Å². The summed E-state index contributed by atoms with van der Waals surface area (Å²) in [6.07, 6.45) is 1.64. The number of rotatable bonds is 4. The average Bonchev–Trinajstić information content (AvgIpc) is 2.99. The molecule has 6 heteroatoms. The lowest BCUT2D eigenvalue weighted by Gasteiger charge is -2.10. The zero-order valence-corrected chi connectivity index (χ0v) is 12.1. The number of nitrogens with one attached hydrogen (secondary N) is 1. The molecular weight excluding hydrogens is 284 g/mol. The molecule has 3 rings (SSSR count). The fourth-order valence-corrected chi connectivity index (χ4v) is 2.08. The number of carbonyl (C=O) groups is 1. The molecule has 0 saturated carbocycles. The molecule has 1 N–H and O–H groups in total.